The molecule has 0 unspecified atom stereocenters. The van der Waals surface area contributed by atoms with Gasteiger partial charge in [0.05, 0.1) is 4.88 Å². The second kappa shape index (κ2) is 9.04. The molecule has 0 atom stereocenters. The second-order valence-electron chi connectivity index (χ2n) is 7.89. The van der Waals surface area contributed by atoms with Gasteiger partial charge in [0.25, 0.3) is 0 Å². The molecule has 4 aromatic rings. The van der Waals surface area contributed by atoms with Gasteiger partial charge in [-0.15, -0.1) is 22.7 Å². The number of carboxylic acids is 1. The molecule has 1 aliphatic rings. The molecule has 172 valence electrons. The van der Waals surface area contributed by atoms with Gasteiger partial charge in [0, 0.05) is 14.3 Å². The molecule has 0 aliphatic heterocycles. The Balaban J connectivity index is 1.29. The number of aliphatic carboxylic acids is 1. The maximum atomic E-state index is 12.3. The summed E-state index contributed by atoms with van der Waals surface area (Å²) in [6.07, 6.45) is 0.748. The van der Waals surface area contributed by atoms with Crippen LogP contribution < -0.4 is 5.32 Å². The van der Waals surface area contributed by atoms with E-state index in [4.69, 9.17) is 16.3 Å². The highest BCUT2D eigenvalue weighted by Crippen LogP contribution is 2.52. The summed E-state index contributed by atoms with van der Waals surface area (Å²) in [6.45, 7) is 2.10. The van der Waals surface area contributed by atoms with E-state index in [0.717, 1.165) is 41.8 Å². The lowest BCUT2D eigenvalue weighted by atomic mass is 10.1. The number of amides is 1. The van der Waals surface area contributed by atoms with E-state index in [1.165, 1.54) is 22.7 Å². The number of nitrogens with zero attached hydrogens (tertiary/aromatic N) is 1. The van der Waals surface area contributed by atoms with Crippen molar-refractivity contribution in [2.45, 2.75) is 31.8 Å². The van der Waals surface area contributed by atoms with Crippen molar-refractivity contribution < 1.29 is 19.4 Å². The van der Waals surface area contributed by atoms with Gasteiger partial charge >= 0.3 is 12.1 Å². The fraction of sp³-hybridized carbons (Fsp3) is 0.208. The van der Waals surface area contributed by atoms with Crippen molar-refractivity contribution in [1.29, 1.82) is 0 Å². The van der Waals surface area contributed by atoms with Crippen molar-refractivity contribution >= 4 is 73.0 Å². The summed E-state index contributed by atoms with van der Waals surface area (Å²) >= 11 is 10.3. The zero-order valence-corrected chi connectivity index (χ0v) is 21.0. The minimum atomic E-state index is -0.751. The number of thiophene rings is 2. The first-order valence-corrected chi connectivity index (χ1v) is 13.1. The van der Waals surface area contributed by atoms with Crippen LogP contribution in [0, 0.1) is 18.8 Å². The number of carbonyl (C=O) groups excluding carboxylic acids is 1. The lowest BCUT2D eigenvalue weighted by Crippen LogP contribution is -2.17. The van der Waals surface area contributed by atoms with Crippen LogP contribution in [0.1, 0.15) is 39.4 Å². The number of halogens is 1. The van der Waals surface area contributed by atoms with Gasteiger partial charge in [-0.2, -0.15) is 4.37 Å². The van der Waals surface area contributed by atoms with Crippen molar-refractivity contribution in [1.82, 2.24) is 4.37 Å². The molecule has 6 nitrogen and oxygen atoms in total. The number of aromatic nitrogens is 1. The number of hydrogen-bond donors (Lipinski definition) is 2. The summed E-state index contributed by atoms with van der Waals surface area (Å²) in [7, 11) is 0. The largest absolute Gasteiger partial charge is 0.481 e. The van der Waals surface area contributed by atoms with E-state index < -0.39 is 17.5 Å². The zero-order chi connectivity index (χ0) is 23.9. The van der Waals surface area contributed by atoms with Crippen LogP contribution in [0.3, 0.4) is 0 Å². The lowest BCUT2D eigenvalue weighted by molar-refractivity contribution is -0.139. The van der Waals surface area contributed by atoms with Crippen LogP contribution in [0.2, 0.25) is 4.34 Å². The number of fused-ring (bicyclic) bond motifs is 1. The summed E-state index contributed by atoms with van der Waals surface area (Å²) in [5.74, 6) is 5.31. The molecule has 0 spiro atoms. The smallest absolute Gasteiger partial charge is 0.412 e. The number of carboxylic acid groups (broad SMARTS) is 1. The first-order chi connectivity index (χ1) is 16.4. The highest BCUT2D eigenvalue weighted by atomic mass is 35.5. The summed E-state index contributed by atoms with van der Waals surface area (Å²) in [5, 5.41) is 12.2. The van der Waals surface area contributed by atoms with Crippen molar-refractivity contribution in [3.05, 3.63) is 67.3 Å². The summed E-state index contributed by atoms with van der Waals surface area (Å²) < 4.78 is 11.9. The molecule has 0 radical (unpaired) electrons. The molecule has 1 saturated carbocycles. The van der Waals surface area contributed by atoms with Gasteiger partial charge in [0.1, 0.15) is 22.0 Å². The monoisotopic (exact) mass is 528 g/mol. The van der Waals surface area contributed by atoms with Gasteiger partial charge < -0.3 is 9.84 Å². The van der Waals surface area contributed by atoms with E-state index in [1.54, 1.807) is 0 Å². The number of hydrogen-bond acceptors (Lipinski definition) is 7. The summed E-state index contributed by atoms with van der Waals surface area (Å²) in [4.78, 5) is 25.6. The molecule has 1 fully saturated rings. The Kier molecular flexibility index (Phi) is 6.08. The third-order valence-electron chi connectivity index (χ3n) is 5.64. The van der Waals surface area contributed by atoms with E-state index in [1.807, 2.05) is 43.3 Å². The van der Waals surface area contributed by atoms with Crippen LogP contribution >= 0.6 is 45.8 Å². The fourth-order valence-electron chi connectivity index (χ4n) is 3.46. The molecule has 0 saturated heterocycles. The van der Waals surface area contributed by atoms with Crippen LogP contribution in [0.4, 0.5) is 10.5 Å². The molecule has 10 heteroatoms. The molecule has 5 rings (SSSR count). The van der Waals surface area contributed by atoms with E-state index in [9.17, 15) is 14.7 Å². The Hall–Kier alpha value is -2.90. The van der Waals surface area contributed by atoms with Crippen molar-refractivity contribution in [2.75, 3.05) is 5.32 Å². The highest BCUT2D eigenvalue weighted by Gasteiger charge is 2.53. The Morgan fingerprint density at radius 3 is 2.68 bits per heavy atom. The number of benzene rings is 1. The topological polar surface area (TPSA) is 88.5 Å². The van der Waals surface area contributed by atoms with Gasteiger partial charge in [-0.1, -0.05) is 35.9 Å². The molecule has 1 aromatic carbocycles. The Morgan fingerprint density at radius 2 is 1.97 bits per heavy atom. The molecule has 2 N–H and O–H groups in total. The second-order valence-corrected chi connectivity index (χ2v) is 11.4. The minimum Gasteiger partial charge on any atom is -0.481 e. The van der Waals surface area contributed by atoms with Gasteiger partial charge in [-0.25, -0.2) is 4.79 Å². The normalized spacial score (nSPS) is 13.8. The van der Waals surface area contributed by atoms with E-state index in [-0.39, 0.29) is 6.61 Å². The molecule has 34 heavy (non-hydrogen) atoms. The van der Waals surface area contributed by atoms with Gasteiger partial charge in [-0.3, -0.25) is 10.1 Å². The fourth-order valence-corrected chi connectivity index (χ4v) is 6.74. The predicted octanol–water partition coefficient (Wildman–Crippen LogP) is 6.65. The SMILES string of the molecule is Cc1ccccc1COC(=O)Nc1c(C#Cc2cc3sc(C4(C(=O)O)CC4)cc3s2)nsc1Cl. The van der Waals surface area contributed by atoms with Crippen LogP contribution in [-0.2, 0) is 21.6 Å². The Bertz CT molecular complexity index is 1460. The third-order valence-corrected chi connectivity index (χ3v) is 9.09. The van der Waals surface area contributed by atoms with E-state index >= 15 is 0 Å². The van der Waals surface area contributed by atoms with Crippen molar-refractivity contribution in [2.24, 2.45) is 0 Å². The molecule has 1 aliphatic carbocycles. The van der Waals surface area contributed by atoms with E-state index in [0.29, 0.717) is 28.6 Å². The number of carbonyl (C=O) groups is 2. The van der Waals surface area contributed by atoms with Crippen LogP contribution in [0.5, 0.6) is 0 Å². The lowest BCUT2D eigenvalue weighted by Gasteiger charge is -2.08. The van der Waals surface area contributed by atoms with Gasteiger partial charge in [0.2, 0.25) is 0 Å². The Labute approximate surface area is 212 Å². The van der Waals surface area contributed by atoms with Crippen molar-refractivity contribution in [3.63, 3.8) is 0 Å². The van der Waals surface area contributed by atoms with E-state index in [2.05, 4.69) is 21.5 Å². The average molecular weight is 529 g/mol. The number of ether oxygens (including phenoxy) is 1. The Morgan fingerprint density at radius 1 is 1.21 bits per heavy atom. The van der Waals surface area contributed by atoms with Gasteiger partial charge in [-0.05, 0) is 66.4 Å². The quantitative estimate of drug-likeness (QED) is 0.283. The minimum absolute atomic E-state index is 0.145. The van der Waals surface area contributed by atoms with Gasteiger partial charge in [0.15, 0.2) is 5.69 Å². The number of anilines is 1. The molecule has 1 amide bonds. The maximum Gasteiger partial charge on any atom is 0.412 e. The number of aryl methyl sites for hydroxylation is 1. The first-order valence-electron chi connectivity index (χ1n) is 10.3. The van der Waals surface area contributed by atoms with Crippen LogP contribution in [-0.4, -0.2) is 21.5 Å². The molecular formula is C24H17ClN2O4S3. The molecular weight excluding hydrogens is 512 g/mol. The number of nitrogens with one attached hydrogen (secondary N) is 1. The van der Waals surface area contributed by atoms with Crippen LogP contribution in [0.25, 0.3) is 9.40 Å². The average Bonchev–Trinajstić information content (AvgIpc) is 3.25. The van der Waals surface area contributed by atoms with Crippen molar-refractivity contribution in [3.8, 4) is 11.8 Å². The third kappa shape index (κ3) is 4.42. The predicted molar refractivity (Wildman–Crippen MR) is 136 cm³/mol. The van der Waals surface area contributed by atoms with Crippen LogP contribution in [0.15, 0.2) is 36.4 Å². The summed E-state index contributed by atoms with van der Waals surface area (Å²) in [6, 6.07) is 11.6. The standard InChI is InChI=1S/C24H17ClN2O4S3/c1-13-4-2-3-5-14(13)12-31-23(30)26-20-16(27-34-21(20)25)7-6-15-10-17-18(32-15)11-19(33-17)24(8-9-24)22(28)29/h2-5,10-11H,8-9,12H2,1H3,(H,26,30)(H,28,29). The molecule has 3 heterocycles. The summed E-state index contributed by atoms with van der Waals surface area (Å²) in [5.41, 5.74) is 1.95. The number of rotatable bonds is 5. The zero-order valence-electron chi connectivity index (χ0n) is 17.8. The molecule has 0 bridgehead atoms. The molecule has 3 aromatic heterocycles. The highest BCUT2D eigenvalue weighted by molar-refractivity contribution is 7.28. The first kappa shape index (κ1) is 22.9. The maximum absolute atomic E-state index is 12.3.